The Labute approximate surface area is 367 Å². The highest BCUT2D eigenvalue weighted by molar-refractivity contribution is 6.12. The molecule has 0 aliphatic heterocycles. The highest BCUT2D eigenvalue weighted by atomic mass is 16.3. The Morgan fingerprint density at radius 3 is 1.21 bits per heavy atom. The standard InChI is InChI=1S/C57H51N5O/c1-55(2,3)36-30-42(50-43(31-36)44-32-37(56(4,5)6)33-45(51(44)63-50)57(7,8)9)34-26-28-35(29-27-34)52-58-53(61-46-22-14-10-18-38(46)39-19-11-15-23-47(39)61)60-54(59-52)62-48-24-16-12-20-40(48)41-21-13-17-25-49(41)62/h10-33H,1-9H3. The molecule has 7 aromatic carbocycles. The maximum atomic E-state index is 7.06. The Bertz CT molecular complexity index is 3380. The Morgan fingerprint density at radius 1 is 0.381 bits per heavy atom. The quantitative estimate of drug-likeness (QED) is 0.177. The van der Waals surface area contributed by atoms with Gasteiger partial charge in [0, 0.05) is 49.0 Å². The van der Waals surface area contributed by atoms with Gasteiger partial charge in [-0.15, -0.1) is 0 Å². The van der Waals surface area contributed by atoms with Crippen molar-refractivity contribution in [2.45, 2.75) is 78.6 Å². The molecule has 0 fully saturated rings. The molecule has 11 aromatic rings. The maximum Gasteiger partial charge on any atom is 0.240 e. The van der Waals surface area contributed by atoms with E-state index in [0.717, 1.165) is 76.9 Å². The third-order valence-corrected chi connectivity index (χ3v) is 12.8. The lowest BCUT2D eigenvalue weighted by Gasteiger charge is -2.25. The summed E-state index contributed by atoms with van der Waals surface area (Å²) in [6.45, 7) is 20.6. The van der Waals surface area contributed by atoms with Crippen LogP contribution in [0.2, 0.25) is 0 Å². The first-order chi connectivity index (χ1) is 30.1. The molecule has 63 heavy (non-hydrogen) atoms. The van der Waals surface area contributed by atoms with Crippen molar-refractivity contribution in [2.24, 2.45) is 0 Å². The fourth-order valence-corrected chi connectivity index (χ4v) is 9.38. The first-order valence-electron chi connectivity index (χ1n) is 22.0. The van der Waals surface area contributed by atoms with Crippen molar-refractivity contribution in [3.63, 3.8) is 0 Å². The molecule has 0 saturated carbocycles. The second-order valence-electron chi connectivity index (χ2n) is 20.2. The minimum atomic E-state index is -0.108. The summed E-state index contributed by atoms with van der Waals surface area (Å²) < 4.78 is 11.4. The molecule has 0 unspecified atom stereocenters. The van der Waals surface area contributed by atoms with Gasteiger partial charge in [0.15, 0.2) is 5.82 Å². The van der Waals surface area contributed by atoms with Crippen LogP contribution in [0.4, 0.5) is 0 Å². The van der Waals surface area contributed by atoms with Crippen LogP contribution in [-0.2, 0) is 16.2 Å². The summed E-state index contributed by atoms with van der Waals surface area (Å²) in [4.78, 5) is 16.0. The molecule has 0 amide bonds. The van der Waals surface area contributed by atoms with Crippen LogP contribution in [0.25, 0.3) is 100.0 Å². The smallest absolute Gasteiger partial charge is 0.240 e. The first kappa shape index (κ1) is 38.8. The molecule has 0 atom stereocenters. The number of benzene rings is 7. The lowest BCUT2D eigenvalue weighted by Crippen LogP contribution is -2.16. The maximum absolute atomic E-state index is 7.06. The third kappa shape index (κ3) is 6.25. The Morgan fingerprint density at radius 2 is 0.778 bits per heavy atom. The molecule has 0 radical (unpaired) electrons. The highest BCUT2D eigenvalue weighted by Gasteiger charge is 2.28. The van der Waals surface area contributed by atoms with E-state index in [4.69, 9.17) is 19.4 Å². The van der Waals surface area contributed by atoms with Gasteiger partial charge in [0.1, 0.15) is 11.2 Å². The van der Waals surface area contributed by atoms with Crippen LogP contribution in [0.15, 0.2) is 150 Å². The lowest BCUT2D eigenvalue weighted by molar-refractivity contribution is 0.559. The number of rotatable bonds is 4. The van der Waals surface area contributed by atoms with Gasteiger partial charge in [-0.1, -0.05) is 165 Å². The minimum Gasteiger partial charge on any atom is -0.455 e. The number of hydrogen-bond acceptors (Lipinski definition) is 4. The van der Waals surface area contributed by atoms with Crippen LogP contribution >= 0.6 is 0 Å². The number of furan rings is 1. The number of fused-ring (bicyclic) bond motifs is 9. The molecule has 0 aliphatic rings. The zero-order valence-electron chi connectivity index (χ0n) is 37.5. The summed E-state index contributed by atoms with van der Waals surface area (Å²) >= 11 is 0. The predicted molar refractivity (Wildman–Crippen MR) is 263 cm³/mol. The van der Waals surface area contributed by atoms with Gasteiger partial charge in [0.25, 0.3) is 0 Å². The van der Waals surface area contributed by atoms with E-state index in [1.807, 2.05) is 0 Å². The molecule has 0 bridgehead atoms. The van der Waals surface area contributed by atoms with Gasteiger partial charge >= 0.3 is 0 Å². The van der Waals surface area contributed by atoms with Crippen LogP contribution in [0.1, 0.15) is 79.0 Å². The topological polar surface area (TPSA) is 61.7 Å². The first-order valence-corrected chi connectivity index (χ1v) is 22.0. The summed E-state index contributed by atoms with van der Waals surface area (Å²) in [5.74, 6) is 1.71. The number of hydrogen-bond donors (Lipinski definition) is 0. The largest absolute Gasteiger partial charge is 0.455 e. The monoisotopic (exact) mass is 821 g/mol. The Balaban J connectivity index is 1.14. The van der Waals surface area contributed by atoms with E-state index < -0.39 is 0 Å². The average molecular weight is 822 g/mol. The van der Waals surface area contributed by atoms with E-state index in [1.165, 1.54) is 22.1 Å². The summed E-state index contributed by atoms with van der Waals surface area (Å²) in [7, 11) is 0. The third-order valence-electron chi connectivity index (χ3n) is 12.8. The Hall–Kier alpha value is -7.05. The normalized spacial score (nSPS) is 12.8. The highest BCUT2D eigenvalue weighted by Crippen LogP contribution is 2.45. The summed E-state index contributed by atoms with van der Waals surface area (Å²) in [5.41, 5.74) is 12.7. The SMILES string of the molecule is CC(C)(C)c1cc(-c2ccc(-c3nc(-n4c5ccccc5c5ccccc54)nc(-n4c5ccccc5c5ccccc54)n3)cc2)c2oc3c(C(C)(C)C)cc(C(C)(C)C)cc3c2c1. The molecular weight excluding hydrogens is 771 g/mol. The van der Waals surface area contributed by atoms with Gasteiger partial charge in [-0.05, 0) is 75.4 Å². The molecule has 11 rings (SSSR count). The molecule has 4 aromatic heterocycles. The van der Waals surface area contributed by atoms with E-state index in [-0.39, 0.29) is 16.2 Å². The second kappa shape index (κ2) is 13.7. The van der Waals surface area contributed by atoms with Gasteiger partial charge in [-0.2, -0.15) is 15.0 Å². The van der Waals surface area contributed by atoms with Crippen molar-refractivity contribution >= 4 is 65.6 Å². The molecule has 6 heteroatoms. The summed E-state index contributed by atoms with van der Waals surface area (Å²) in [5, 5.41) is 6.92. The fraction of sp³-hybridized carbons (Fsp3) is 0.211. The van der Waals surface area contributed by atoms with Crippen molar-refractivity contribution in [1.82, 2.24) is 24.1 Å². The zero-order chi connectivity index (χ0) is 43.6. The van der Waals surface area contributed by atoms with Crippen LogP contribution < -0.4 is 0 Å². The van der Waals surface area contributed by atoms with Crippen molar-refractivity contribution < 1.29 is 4.42 Å². The van der Waals surface area contributed by atoms with Crippen LogP contribution in [-0.4, -0.2) is 24.1 Å². The van der Waals surface area contributed by atoms with Crippen molar-refractivity contribution in [1.29, 1.82) is 0 Å². The molecule has 6 nitrogen and oxygen atoms in total. The molecule has 310 valence electrons. The van der Waals surface area contributed by atoms with Gasteiger partial charge in [-0.3, -0.25) is 9.13 Å². The molecule has 0 N–H and O–H groups in total. The van der Waals surface area contributed by atoms with Gasteiger partial charge in [0.05, 0.1) is 22.1 Å². The molecule has 0 spiro atoms. The van der Waals surface area contributed by atoms with E-state index in [0.29, 0.717) is 17.7 Å². The predicted octanol–water partition coefficient (Wildman–Crippen LogP) is 15.2. The zero-order valence-corrected chi connectivity index (χ0v) is 37.5. The van der Waals surface area contributed by atoms with Gasteiger partial charge in [0.2, 0.25) is 11.9 Å². The van der Waals surface area contributed by atoms with E-state index >= 15 is 0 Å². The lowest BCUT2D eigenvalue weighted by atomic mass is 9.79. The van der Waals surface area contributed by atoms with E-state index in [2.05, 4.69) is 217 Å². The second-order valence-corrected chi connectivity index (χ2v) is 20.2. The molecular formula is C57H51N5O. The van der Waals surface area contributed by atoms with Crippen molar-refractivity contribution in [3.05, 3.63) is 162 Å². The van der Waals surface area contributed by atoms with Crippen LogP contribution in [0.5, 0.6) is 0 Å². The minimum absolute atomic E-state index is 0.0179. The van der Waals surface area contributed by atoms with Crippen LogP contribution in [0.3, 0.4) is 0 Å². The number of aromatic nitrogens is 5. The van der Waals surface area contributed by atoms with Crippen LogP contribution in [0, 0.1) is 0 Å². The van der Waals surface area contributed by atoms with Gasteiger partial charge in [-0.25, -0.2) is 0 Å². The number of para-hydroxylation sites is 4. The van der Waals surface area contributed by atoms with E-state index in [9.17, 15) is 0 Å². The fourth-order valence-electron chi connectivity index (χ4n) is 9.38. The molecule has 0 aliphatic carbocycles. The number of nitrogens with zero attached hydrogens (tertiary/aromatic N) is 5. The van der Waals surface area contributed by atoms with Gasteiger partial charge < -0.3 is 4.42 Å². The average Bonchev–Trinajstić information content (AvgIpc) is 3.93. The van der Waals surface area contributed by atoms with Crippen molar-refractivity contribution in [3.8, 4) is 34.4 Å². The summed E-state index contributed by atoms with van der Waals surface area (Å²) in [6, 6.07) is 52.0. The molecule has 4 heterocycles. The molecule has 0 saturated heterocycles. The summed E-state index contributed by atoms with van der Waals surface area (Å²) in [6.07, 6.45) is 0. The van der Waals surface area contributed by atoms with E-state index in [1.54, 1.807) is 0 Å². The Kier molecular flexibility index (Phi) is 8.46. The van der Waals surface area contributed by atoms with Crippen molar-refractivity contribution in [2.75, 3.05) is 0 Å².